The van der Waals surface area contributed by atoms with Gasteiger partial charge in [0.2, 0.25) is 0 Å². The lowest BCUT2D eigenvalue weighted by Crippen LogP contribution is -2.38. The number of anilines is 1. The molecule has 0 saturated carbocycles. The van der Waals surface area contributed by atoms with Gasteiger partial charge >= 0.3 is 0 Å². The fourth-order valence-corrected chi connectivity index (χ4v) is 3.93. The van der Waals surface area contributed by atoms with Crippen LogP contribution >= 0.6 is 0 Å². The number of aromatic nitrogens is 2. The topological polar surface area (TPSA) is 41.5 Å². The predicted molar refractivity (Wildman–Crippen MR) is 118 cm³/mol. The summed E-state index contributed by atoms with van der Waals surface area (Å²) in [5.41, 5.74) is 3.11. The van der Waals surface area contributed by atoms with Crippen LogP contribution < -0.4 is 9.64 Å². The molecule has 0 N–H and O–H groups in total. The normalized spacial score (nSPS) is 15.9. The fraction of sp³-hybridized carbons (Fsp3) is 0.250. The second-order valence-corrected chi connectivity index (χ2v) is 7.71. The van der Waals surface area contributed by atoms with Crippen LogP contribution in [0.2, 0.25) is 0 Å². The molecule has 5 rings (SSSR count). The van der Waals surface area contributed by atoms with Crippen molar-refractivity contribution in [1.29, 1.82) is 0 Å². The lowest BCUT2D eigenvalue weighted by molar-refractivity contribution is 0.419. The number of likely N-dealkylation sites (N-methyl/N-ethyl adjacent to an activating group) is 1. The Kier molecular flexibility index (Phi) is 4.62. The van der Waals surface area contributed by atoms with E-state index >= 15 is 0 Å². The maximum Gasteiger partial charge on any atom is 0.160 e. The summed E-state index contributed by atoms with van der Waals surface area (Å²) in [5.74, 6) is 1.95. The van der Waals surface area contributed by atoms with Crippen LogP contribution in [0.4, 0.5) is 10.2 Å². The first-order chi connectivity index (χ1) is 14.6. The standard InChI is InChI=1S/C24H23FN4O/c1-28-10-5-7-16(15-28)23-26-22-19(24(27-23)29-11-6-12-29)13-17(14-21(22)30-2)18-8-3-4-9-20(18)25/h3-5,7-10,13-14H,6,11-12,15H2,1-2H3. The predicted octanol–water partition coefficient (Wildman–Crippen LogP) is 4.50. The molecule has 0 spiro atoms. The van der Waals surface area contributed by atoms with Crippen LogP contribution in [0.3, 0.4) is 0 Å². The minimum Gasteiger partial charge on any atom is -0.494 e. The molecule has 6 heteroatoms. The van der Waals surface area contributed by atoms with Gasteiger partial charge in [-0.05, 0) is 42.5 Å². The van der Waals surface area contributed by atoms with Crippen LogP contribution in [-0.4, -0.2) is 48.7 Å². The molecule has 2 aliphatic rings. The van der Waals surface area contributed by atoms with Crippen molar-refractivity contribution in [3.8, 4) is 16.9 Å². The minimum atomic E-state index is -0.260. The Balaban J connectivity index is 1.75. The van der Waals surface area contributed by atoms with Crippen LogP contribution in [0.5, 0.6) is 5.75 Å². The second-order valence-electron chi connectivity index (χ2n) is 7.71. The van der Waals surface area contributed by atoms with Gasteiger partial charge in [-0.1, -0.05) is 24.3 Å². The number of rotatable bonds is 4. The molecule has 0 aliphatic carbocycles. The Morgan fingerprint density at radius 1 is 1.10 bits per heavy atom. The SMILES string of the molecule is COc1cc(-c2ccccc2F)cc2c(N3CCC3)nc(C3=CC=CN(C)C3)nc12. The molecule has 5 nitrogen and oxygen atoms in total. The highest BCUT2D eigenvalue weighted by Crippen LogP contribution is 2.38. The summed E-state index contributed by atoms with van der Waals surface area (Å²) in [6, 6.07) is 10.6. The maximum atomic E-state index is 14.5. The van der Waals surface area contributed by atoms with E-state index in [2.05, 4.69) is 15.9 Å². The third-order valence-corrected chi connectivity index (χ3v) is 5.65. The zero-order valence-electron chi connectivity index (χ0n) is 17.1. The second kappa shape index (κ2) is 7.44. The van der Waals surface area contributed by atoms with Crippen molar-refractivity contribution in [2.75, 3.05) is 38.7 Å². The van der Waals surface area contributed by atoms with E-state index in [1.165, 1.54) is 6.07 Å². The van der Waals surface area contributed by atoms with Gasteiger partial charge in [-0.3, -0.25) is 0 Å². The van der Waals surface area contributed by atoms with E-state index in [1.807, 2.05) is 37.5 Å². The van der Waals surface area contributed by atoms with Gasteiger partial charge in [-0.25, -0.2) is 14.4 Å². The monoisotopic (exact) mass is 402 g/mol. The van der Waals surface area contributed by atoms with Gasteiger partial charge in [0.05, 0.1) is 7.11 Å². The molecule has 1 saturated heterocycles. The number of methoxy groups -OCH3 is 1. The molecule has 0 radical (unpaired) electrons. The Bertz CT molecular complexity index is 1180. The molecule has 0 bridgehead atoms. The van der Waals surface area contributed by atoms with Crippen molar-refractivity contribution >= 4 is 22.3 Å². The van der Waals surface area contributed by atoms with E-state index < -0.39 is 0 Å². The number of benzene rings is 2. The molecule has 1 fully saturated rings. The molecule has 30 heavy (non-hydrogen) atoms. The highest BCUT2D eigenvalue weighted by molar-refractivity contribution is 5.98. The Hall–Kier alpha value is -3.41. The van der Waals surface area contributed by atoms with Gasteiger partial charge < -0.3 is 14.5 Å². The lowest BCUT2D eigenvalue weighted by atomic mass is 10.0. The van der Waals surface area contributed by atoms with Gasteiger partial charge in [-0.2, -0.15) is 0 Å². The largest absolute Gasteiger partial charge is 0.494 e. The molecule has 1 aromatic heterocycles. The van der Waals surface area contributed by atoms with Crippen molar-refractivity contribution in [3.05, 3.63) is 66.4 Å². The summed E-state index contributed by atoms with van der Waals surface area (Å²) in [5, 5.41) is 0.886. The lowest BCUT2D eigenvalue weighted by Gasteiger charge is -2.33. The number of allylic oxidation sites excluding steroid dienone is 2. The number of nitrogens with zero attached hydrogens (tertiary/aromatic N) is 4. The molecular weight excluding hydrogens is 379 g/mol. The number of hydrogen-bond acceptors (Lipinski definition) is 5. The van der Waals surface area contributed by atoms with Gasteiger partial charge in [0.15, 0.2) is 5.82 Å². The molecule has 152 valence electrons. The zero-order chi connectivity index (χ0) is 20.7. The molecule has 2 aromatic carbocycles. The van der Waals surface area contributed by atoms with E-state index in [0.29, 0.717) is 17.1 Å². The summed E-state index contributed by atoms with van der Waals surface area (Å²) in [7, 11) is 3.66. The highest BCUT2D eigenvalue weighted by Gasteiger charge is 2.24. The first kappa shape index (κ1) is 18.6. The Labute approximate surface area is 175 Å². The summed E-state index contributed by atoms with van der Waals surface area (Å²) < 4.78 is 20.2. The van der Waals surface area contributed by atoms with Crippen molar-refractivity contribution in [2.45, 2.75) is 6.42 Å². The summed E-state index contributed by atoms with van der Waals surface area (Å²) in [4.78, 5) is 14.2. The highest BCUT2D eigenvalue weighted by atomic mass is 19.1. The van der Waals surface area contributed by atoms with Crippen molar-refractivity contribution in [1.82, 2.24) is 14.9 Å². The number of ether oxygens (including phenoxy) is 1. The van der Waals surface area contributed by atoms with E-state index in [-0.39, 0.29) is 5.82 Å². The number of hydrogen-bond donors (Lipinski definition) is 0. The molecule has 0 atom stereocenters. The molecule has 0 amide bonds. The molecule has 2 aliphatic heterocycles. The third kappa shape index (κ3) is 3.18. The third-order valence-electron chi connectivity index (χ3n) is 5.65. The zero-order valence-corrected chi connectivity index (χ0v) is 17.1. The summed E-state index contributed by atoms with van der Waals surface area (Å²) in [6.07, 6.45) is 7.23. The van der Waals surface area contributed by atoms with Gasteiger partial charge in [-0.15, -0.1) is 0 Å². The molecular formula is C24H23FN4O. The maximum absolute atomic E-state index is 14.5. The van der Waals surface area contributed by atoms with Crippen LogP contribution in [-0.2, 0) is 0 Å². The van der Waals surface area contributed by atoms with E-state index in [0.717, 1.165) is 53.9 Å². The van der Waals surface area contributed by atoms with Crippen molar-refractivity contribution < 1.29 is 9.13 Å². The van der Waals surface area contributed by atoms with E-state index in [9.17, 15) is 4.39 Å². The molecule has 0 unspecified atom stereocenters. The Morgan fingerprint density at radius 3 is 2.63 bits per heavy atom. The first-order valence-corrected chi connectivity index (χ1v) is 10.1. The number of halogens is 1. The van der Waals surface area contributed by atoms with Crippen LogP contribution in [0.1, 0.15) is 12.2 Å². The Morgan fingerprint density at radius 2 is 1.93 bits per heavy atom. The van der Waals surface area contributed by atoms with Crippen LogP contribution in [0.15, 0.2) is 54.8 Å². The molecule has 3 aromatic rings. The van der Waals surface area contributed by atoms with Crippen LogP contribution in [0, 0.1) is 5.82 Å². The van der Waals surface area contributed by atoms with Gasteiger partial charge in [0.1, 0.15) is 22.9 Å². The molecule has 3 heterocycles. The van der Waals surface area contributed by atoms with Crippen molar-refractivity contribution in [3.63, 3.8) is 0 Å². The van der Waals surface area contributed by atoms with Gasteiger partial charge in [0.25, 0.3) is 0 Å². The minimum absolute atomic E-state index is 0.260. The summed E-state index contributed by atoms with van der Waals surface area (Å²) in [6.45, 7) is 2.66. The quantitative estimate of drug-likeness (QED) is 0.643. The van der Waals surface area contributed by atoms with Gasteiger partial charge in [0, 0.05) is 43.2 Å². The van der Waals surface area contributed by atoms with E-state index in [4.69, 9.17) is 14.7 Å². The smallest absolute Gasteiger partial charge is 0.160 e. The summed E-state index contributed by atoms with van der Waals surface area (Å²) >= 11 is 0. The van der Waals surface area contributed by atoms with Crippen LogP contribution in [0.25, 0.3) is 27.6 Å². The number of fused-ring (bicyclic) bond motifs is 1. The van der Waals surface area contributed by atoms with Crippen molar-refractivity contribution in [2.24, 2.45) is 0 Å². The fourth-order valence-electron chi connectivity index (χ4n) is 3.93. The average molecular weight is 402 g/mol. The van der Waals surface area contributed by atoms with E-state index in [1.54, 1.807) is 19.2 Å². The first-order valence-electron chi connectivity index (χ1n) is 10.1. The average Bonchev–Trinajstić information content (AvgIpc) is 2.72.